The third-order valence-corrected chi connectivity index (χ3v) is 3.81. The Morgan fingerprint density at radius 3 is 2.32 bits per heavy atom. The molecule has 1 aliphatic heterocycles. The monoisotopic (exact) mass is 287 g/mol. The SMILES string of the molecule is O=C(C(Cl)c1ccc(F)c(F)c1)N1CCCCCC1. The number of rotatable bonds is 2. The van der Waals surface area contributed by atoms with Gasteiger partial charge in [0.2, 0.25) is 5.91 Å². The third kappa shape index (κ3) is 3.44. The number of alkyl halides is 1. The maximum absolute atomic E-state index is 13.2. The van der Waals surface area contributed by atoms with E-state index in [0.29, 0.717) is 18.7 Å². The van der Waals surface area contributed by atoms with Crippen LogP contribution in [0.3, 0.4) is 0 Å². The number of hydrogen-bond donors (Lipinski definition) is 0. The average molecular weight is 288 g/mol. The number of hydrogen-bond acceptors (Lipinski definition) is 1. The Morgan fingerprint density at radius 2 is 1.74 bits per heavy atom. The van der Waals surface area contributed by atoms with Crippen molar-refractivity contribution < 1.29 is 13.6 Å². The van der Waals surface area contributed by atoms with Gasteiger partial charge in [-0.15, -0.1) is 11.6 Å². The van der Waals surface area contributed by atoms with Gasteiger partial charge in [0, 0.05) is 13.1 Å². The zero-order chi connectivity index (χ0) is 13.8. The van der Waals surface area contributed by atoms with Crippen LogP contribution in [0.1, 0.15) is 36.6 Å². The molecule has 2 nitrogen and oxygen atoms in total. The summed E-state index contributed by atoms with van der Waals surface area (Å²) in [6.45, 7) is 1.37. The van der Waals surface area contributed by atoms with Crippen molar-refractivity contribution in [3.05, 3.63) is 35.4 Å². The minimum absolute atomic E-state index is 0.227. The lowest BCUT2D eigenvalue weighted by Crippen LogP contribution is -2.34. The van der Waals surface area contributed by atoms with Crippen molar-refractivity contribution in [1.82, 2.24) is 4.90 Å². The molecule has 0 N–H and O–H groups in total. The lowest BCUT2D eigenvalue weighted by molar-refractivity contribution is -0.130. The topological polar surface area (TPSA) is 20.3 Å². The molecule has 5 heteroatoms. The lowest BCUT2D eigenvalue weighted by Gasteiger charge is -2.23. The van der Waals surface area contributed by atoms with Gasteiger partial charge in [-0.05, 0) is 30.5 Å². The molecule has 0 aliphatic carbocycles. The molecule has 104 valence electrons. The molecule has 1 atom stereocenters. The van der Waals surface area contributed by atoms with Crippen LogP contribution in [0.4, 0.5) is 8.78 Å². The summed E-state index contributed by atoms with van der Waals surface area (Å²) in [4.78, 5) is 13.9. The first-order valence-electron chi connectivity index (χ1n) is 6.47. The van der Waals surface area contributed by atoms with E-state index in [0.717, 1.165) is 37.8 Å². The van der Waals surface area contributed by atoms with E-state index in [1.54, 1.807) is 4.90 Å². The number of carbonyl (C=O) groups excluding carboxylic acids is 1. The molecule has 1 fully saturated rings. The van der Waals surface area contributed by atoms with E-state index in [4.69, 9.17) is 11.6 Å². The summed E-state index contributed by atoms with van der Waals surface area (Å²) in [5.41, 5.74) is 0.301. The highest BCUT2D eigenvalue weighted by atomic mass is 35.5. The van der Waals surface area contributed by atoms with E-state index in [2.05, 4.69) is 0 Å². The molecule has 1 aliphatic rings. The summed E-state index contributed by atoms with van der Waals surface area (Å²) < 4.78 is 26.0. The Balaban J connectivity index is 2.10. The van der Waals surface area contributed by atoms with Gasteiger partial charge in [0.15, 0.2) is 11.6 Å². The van der Waals surface area contributed by atoms with Crippen LogP contribution in [0.15, 0.2) is 18.2 Å². The predicted octanol–water partition coefficient (Wildman–Crippen LogP) is 3.65. The largest absolute Gasteiger partial charge is 0.341 e. The molecule has 0 spiro atoms. The van der Waals surface area contributed by atoms with E-state index < -0.39 is 17.0 Å². The zero-order valence-electron chi connectivity index (χ0n) is 10.5. The molecule has 0 radical (unpaired) electrons. The molecular formula is C14H16ClF2NO. The van der Waals surface area contributed by atoms with Gasteiger partial charge in [-0.1, -0.05) is 18.9 Å². The second kappa shape index (κ2) is 6.33. The smallest absolute Gasteiger partial charge is 0.245 e. The van der Waals surface area contributed by atoms with Gasteiger partial charge in [0.25, 0.3) is 0 Å². The summed E-state index contributed by atoms with van der Waals surface area (Å²) in [5.74, 6) is -2.14. The second-order valence-corrected chi connectivity index (χ2v) is 5.21. The van der Waals surface area contributed by atoms with Crippen LogP contribution >= 0.6 is 11.6 Å². The van der Waals surface area contributed by atoms with Crippen LogP contribution in [0.2, 0.25) is 0 Å². The molecule has 1 unspecified atom stereocenters. The molecule has 19 heavy (non-hydrogen) atoms. The van der Waals surface area contributed by atoms with Gasteiger partial charge in [-0.25, -0.2) is 8.78 Å². The van der Waals surface area contributed by atoms with Crippen LogP contribution in [-0.4, -0.2) is 23.9 Å². The number of halogens is 3. The van der Waals surface area contributed by atoms with Gasteiger partial charge < -0.3 is 4.90 Å². The lowest BCUT2D eigenvalue weighted by atomic mass is 10.1. The standard InChI is InChI=1S/C14H16ClF2NO/c15-13(10-5-6-11(16)12(17)9-10)14(19)18-7-3-1-2-4-8-18/h5-6,9,13H,1-4,7-8H2. The van der Waals surface area contributed by atoms with E-state index in [-0.39, 0.29) is 5.91 Å². The molecule has 1 amide bonds. The van der Waals surface area contributed by atoms with Crippen molar-refractivity contribution in [3.63, 3.8) is 0 Å². The fourth-order valence-electron chi connectivity index (χ4n) is 2.26. The molecule has 1 aromatic rings. The van der Waals surface area contributed by atoms with Gasteiger partial charge in [0.1, 0.15) is 5.38 Å². The Labute approximate surface area is 116 Å². The fourth-order valence-corrected chi connectivity index (χ4v) is 2.54. The van der Waals surface area contributed by atoms with E-state index in [1.165, 1.54) is 6.07 Å². The van der Waals surface area contributed by atoms with Gasteiger partial charge in [-0.3, -0.25) is 4.79 Å². The number of benzene rings is 1. The summed E-state index contributed by atoms with van der Waals surface area (Å²) in [5, 5.41) is -0.951. The van der Waals surface area contributed by atoms with Crippen molar-refractivity contribution in [2.75, 3.05) is 13.1 Å². The first kappa shape index (κ1) is 14.3. The summed E-state index contributed by atoms with van der Waals surface area (Å²) in [7, 11) is 0. The van der Waals surface area contributed by atoms with Gasteiger partial charge in [0.05, 0.1) is 0 Å². The van der Waals surface area contributed by atoms with Gasteiger partial charge >= 0.3 is 0 Å². The van der Waals surface area contributed by atoms with Crippen LogP contribution in [0, 0.1) is 11.6 Å². The van der Waals surface area contributed by atoms with Crippen molar-refractivity contribution >= 4 is 17.5 Å². The van der Waals surface area contributed by atoms with E-state index in [1.807, 2.05) is 0 Å². The van der Waals surface area contributed by atoms with E-state index >= 15 is 0 Å². The molecule has 0 bridgehead atoms. The zero-order valence-corrected chi connectivity index (χ0v) is 11.3. The van der Waals surface area contributed by atoms with Gasteiger partial charge in [-0.2, -0.15) is 0 Å². The second-order valence-electron chi connectivity index (χ2n) is 4.78. The summed E-state index contributed by atoms with van der Waals surface area (Å²) in [6.07, 6.45) is 4.16. The molecule has 0 saturated carbocycles. The molecule has 1 aromatic carbocycles. The first-order valence-corrected chi connectivity index (χ1v) is 6.91. The Kier molecular flexibility index (Phi) is 4.75. The number of carbonyl (C=O) groups is 1. The normalized spacial score (nSPS) is 17.9. The van der Waals surface area contributed by atoms with Crippen LogP contribution in [-0.2, 0) is 4.79 Å². The van der Waals surface area contributed by atoms with Crippen molar-refractivity contribution in [1.29, 1.82) is 0 Å². The highest BCUT2D eigenvalue weighted by molar-refractivity contribution is 6.30. The molecule has 0 aromatic heterocycles. The molecule has 1 saturated heterocycles. The number of nitrogens with zero attached hydrogens (tertiary/aromatic N) is 1. The van der Waals surface area contributed by atoms with Crippen molar-refractivity contribution in [3.8, 4) is 0 Å². The summed E-state index contributed by atoms with van der Waals surface area (Å²) >= 11 is 6.09. The minimum Gasteiger partial charge on any atom is -0.341 e. The number of amides is 1. The average Bonchev–Trinajstić information content (AvgIpc) is 2.69. The Morgan fingerprint density at radius 1 is 1.11 bits per heavy atom. The maximum Gasteiger partial charge on any atom is 0.245 e. The summed E-state index contributed by atoms with van der Waals surface area (Å²) in [6, 6.07) is 3.34. The van der Waals surface area contributed by atoms with Crippen molar-refractivity contribution in [2.24, 2.45) is 0 Å². The Hall–Kier alpha value is -1.16. The van der Waals surface area contributed by atoms with E-state index in [9.17, 15) is 13.6 Å². The maximum atomic E-state index is 13.2. The fraction of sp³-hybridized carbons (Fsp3) is 0.500. The third-order valence-electron chi connectivity index (χ3n) is 3.37. The van der Waals surface area contributed by atoms with Crippen LogP contribution in [0.5, 0.6) is 0 Å². The molecule has 1 heterocycles. The number of likely N-dealkylation sites (tertiary alicyclic amines) is 1. The molecule has 2 rings (SSSR count). The van der Waals surface area contributed by atoms with Crippen LogP contribution in [0.25, 0.3) is 0 Å². The highest BCUT2D eigenvalue weighted by Crippen LogP contribution is 2.25. The first-order chi connectivity index (χ1) is 9.09. The predicted molar refractivity (Wildman–Crippen MR) is 70.0 cm³/mol. The Bertz CT molecular complexity index is 459. The van der Waals surface area contributed by atoms with Crippen LogP contribution < -0.4 is 0 Å². The highest BCUT2D eigenvalue weighted by Gasteiger charge is 2.25. The quantitative estimate of drug-likeness (QED) is 0.761. The van der Waals surface area contributed by atoms with Crippen molar-refractivity contribution in [2.45, 2.75) is 31.1 Å². The minimum atomic E-state index is -0.980. The molecular weight excluding hydrogens is 272 g/mol.